The van der Waals surface area contributed by atoms with Crippen molar-refractivity contribution in [3.63, 3.8) is 0 Å². The van der Waals surface area contributed by atoms with Crippen molar-refractivity contribution in [2.24, 2.45) is 0 Å². The number of rotatable bonds is 8. The van der Waals surface area contributed by atoms with Crippen LogP contribution in [0.3, 0.4) is 0 Å². The predicted octanol–water partition coefficient (Wildman–Crippen LogP) is 4.61. The van der Waals surface area contributed by atoms with Crippen molar-refractivity contribution in [3.8, 4) is 28.6 Å². The summed E-state index contributed by atoms with van der Waals surface area (Å²) in [7, 11) is 3.80. The van der Waals surface area contributed by atoms with Gasteiger partial charge in [0.15, 0.2) is 5.82 Å². The van der Waals surface area contributed by atoms with Gasteiger partial charge in [0.1, 0.15) is 29.7 Å². The van der Waals surface area contributed by atoms with Gasteiger partial charge in [-0.15, -0.1) is 0 Å². The molecule has 1 atom stereocenters. The van der Waals surface area contributed by atoms with Crippen LogP contribution in [0.25, 0.3) is 22.3 Å². The zero-order chi connectivity index (χ0) is 27.5. The second kappa shape index (κ2) is 11.2. The lowest BCUT2D eigenvalue weighted by Gasteiger charge is -2.26. The number of benzene rings is 2. The first-order valence-electron chi connectivity index (χ1n) is 13.1. The molecule has 5 rings (SSSR count). The topological polar surface area (TPSA) is 107 Å². The third-order valence-corrected chi connectivity index (χ3v) is 6.84. The summed E-state index contributed by atoms with van der Waals surface area (Å²) in [6.07, 6.45) is 3.60. The Balaban J connectivity index is 1.35. The highest BCUT2D eigenvalue weighted by molar-refractivity contribution is 5.95. The maximum Gasteiger partial charge on any atom is 0.237 e. The number of amides is 1. The number of pyridine rings is 1. The summed E-state index contributed by atoms with van der Waals surface area (Å²) < 4.78 is 12.2. The molecular formula is C30H34N6O3. The Morgan fingerprint density at radius 2 is 1.95 bits per heavy atom. The first-order valence-corrected chi connectivity index (χ1v) is 13.1. The number of likely N-dealkylation sites (N-methyl/N-ethyl adjacent to an activating group) is 1. The molecular weight excluding hydrogens is 492 g/mol. The summed E-state index contributed by atoms with van der Waals surface area (Å²) >= 11 is 0. The van der Waals surface area contributed by atoms with Crippen molar-refractivity contribution in [1.82, 2.24) is 24.8 Å². The number of anilines is 1. The summed E-state index contributed by atoms with van der Waals surface area (Å²) in [6.45, 7) is 5.47. The van der Waals surface area contributed by atoms with Gasteiger partial charge < -0.3 is 25.0 Å². The number of aromatic nitrogens is 3. The van der Waals surface area contributed by atoms with Crippen LogP contribution in [0.15, 0.2) is 54.7 Å². The van der Waals surface area contributed by atoms with E-state index in [1.807, 2.05) is 86.3 Å². The Labute approximate surface area is 228 Å². The zero-order valence-electron chi connectivity index (χ0n) is 22.8. The number of carbonyl (C=O) groups excluding carboxylic acids is 1. The minimum Gasteiger partial charge on any atom is -0.491 e. The van der Waals surface area contributed by atoms with Crippen molar-refractivity contribution < 1.29 is 14.3 Å². The highest BCUT2D eigenvalue weighted by Crippen LogP contribution is 2.33. The molecule has 9 nitrogen and oxygen atoms in total. The number of carbonyl (C=O) groups is 1. The van der Waals surface area contributed by atoms with Gasteiger partial charge in [0.2, 0.25) is 5.91 Å². The van der Waals surface area contributed by atoms with Crippen LogP contribution in [-0.4, -0.2) is 70.5 Å². The summed E-state index contributed by atoms with van der Waals surface area (Å²) in [5, 5.41) is 0.675. The van der Waals surface area contributed by atoms with Crippen LogP contribution in [0.1, 0.15) is 24.1 Å². The van der Waals surface area contributed by atoms with Gasteiger partial charge in [-0.3, -0.25) is 9.78 Å². The van der Waals surface area contributed by atoms with Gasteiger partial charge in [-0.1, -0.05) is 6.07 Å². The highest BCUT2D eigenvalue weighted by atomic mass is 16.5. The normalized spacial score (nSPS) is 15.2. The van der Waals surface area contributed by atoms with E-state index in [0.29, 0.717) is 47.2 Å². The standard InChI is InChI=1S/C30H34N6O3/c1-19-15-21(11-13-25(19)39-23-12-10-20(2)32-16-23)30-33-24-8-5-9-26(28(24)29(31)34-30)38-18-22-7-6-14-36(22)27(37)17-35(3)4/h5,8-13,15-16,22H,6-7,14,17-18H2,1-4H3,(H2,31,33,34)/t22-/m1/s1. The van der Waals surface area contributed by atoms with Crippen molar-refractivity contribution in [3.05, 3.63) is 66.0 Å². The molecule has 4 aromatic rings. The van der Waals surface area contributed by atoms with Crippen LogP contribution in [0.5, 0.6) is 17.2 Å². The molecule has 0 bridgehead atoms. The third kappa shape index (κ3) is 5.93. The number of likely N-dealkylation sites (tertiary alicyclic amines) is 1. The van der Waals surface area contributed by atoms with Crippen molar-refractivity contribution in [1.29, 1.82) is 0 Å². The largest absolute Gasteiger partial charge is 0.491 e. The lowest BCUT2D eigenvalue weighted by Crippen LogP contribution is -2.43. The van der Waals surface area contributed by atoms with Crippen LogP contribution in [0.4, 0.5) is 5.82 Å². The average molecular weight is 527 g/mol. The second-order valence-corrected chi connectivity index (χ2v) is 10.2. The summed E-state index contributed by atoms with van der Waals surface area (Å²) in [5.74, 6) is 3.03. The number of nitrogens with two attached hydrogens (primary N) is 1. The molecule has 2 aromatic carbocycles. The number of hydrogen-bond donors (Lipinski definition) is 1. The van der Waals surface area contributed by atoms with Gasteiger partial charge >= 0.3 is 0 Å². The van der Waals surface area contributed by atoms with Crippen molar-refractivity contribution in [2.45, 2.75) is 32.7 Å². The fraction of sp³-hybridized carbons (Fsp3) is 0.333. The zero-order valence-corrected chi connectivity index (χ0v) is 22.8. The molecule has 39 heavy (non-hydrogen) atoms. The van der Waals surface area contributed by atoms with Crippen molar-refractivity contribution in [2.75, 3.05) is 39.5 Å². The predicted molar refractivity (Wildman–Crippen MR) is 152 cm³/mol. The first kappa shape index (κ1) is 26.4. The Bertz CT molecular complexity index is 1490. The van der Waals surface area contributed by atoms with Crippen LogP contribution in [0, 0.1) is 13.8 Å². The molecule has 2 aromatic heterocycles. The molecule has 1 fully saturated rings. The van der Waals surface area contributed by atoms with E-state index < -0.39 is 0 Å². The molecule has 0 aliphatic carbocycles. The summed E-state index contributed by atoms with van der Waals surface area (Å²) in [4.78, 5) is 30.2. The Kier molecular flexibility index (Phi) is 7.60. The van der Waals surface area contributed by atoms with Gasteiger partial charge in [0.25, 0.3) is 0 Å². The molecule has 2 N–H and O–H groups in total. The molecule has 1 amide bonds. The lowest BCUT2D eigenvalue weighted by atomic mass is 10.1. The summed E-state index contributed by atoms with van der Waals surface area (Å²) in [5.41, 5.74) is 9.87. The number of nitrogens with zero attached hydrogens (tertiary/aromatic N) is 5. The van der Waals surface area contributed by atoms with E-state index in [1.165, 1.54) is 0 Å². The van der Waals surface area contributed by atoms with Gasteiger partial charge in [0, 0.05) is 17.8 Å². The Morgan fingerprint density at radius 1 is 1.10 bits per heavy atom. The Hall–Kier alpha value is -4.24. The van der Waals surface area contributed by atoms with E-state index in [4.69, 9.17) is 20.2 Å². The molecule has 0 radical (unpaired) electrons. The lowest BCUT2D eigenvalue weighted by molar-refractivity contribution is -0.133. The van der Waals surface area contributed by atoms with Crippen molar-refractivity contribution >= 4 is 22.6 Å². The van der Waals surface area contributed by atoms with Crippen LogP contribution in [0.2, 0.25) is 0 Å². The molecule has 0 unspecified atom stereocenters. The average Bonchev–Trinajstić information content (AvgIpc) is 3.38. The van der Waals surface area contributed by atoms with Gasteiger partial charge in [0.05, 0.1) is 29.7 Å². The minimum absolute atomic E-state index is 0.0357. The van der Waals surface area contributed by atoms with E-state index in [0.717, 1.165) is 42.0 Å². The van der Waals surface area contributed by atoms with E-state index in [2.05, 4.69) is 9.97 Å². The van der Waals surface area contributed by atoms with Crippen LogP contribution >= 0.6 is 0 Å². The first-order chi connectivity index (χ1) is 18.8. The molecule has 9 heteroatoms. The SMILES string of the molecule is Cc1ccc(Oc2ccc(-c3nc(N)c4c(OC[C@H]5CCCN5C(=O)CN(C)C)cccc4n3)cc2C)cn1. The fourth-order valence-electron chi connectivity index (χ4n) is 4.86. The molecule has 1 saturated heterocycles. The summed E-state index contributed by atoms with van der Waals surface area (Å²) in [6, 6.07) is 15.3. The molecule has 3 heterocycles. The second-order valence-electron chi connectivity index (χ2n) is 10.2. The molecule has 0 saturated carbocycles. The maximum absolute atomic E-state index is 12.6. The molecule has 1 aliphatic rings. The van der Waals surface area contributed by atoms with E-state index in [9.17, 15) is 4.79 Å². The maximum atomic E-state index is 12.6. The number of fused-ring (bicyclic) bond motifs is 1. The van der Waals surface area contributed by atoms with Gasteiger partial charge in [-0.2, -0.15) is 0 Å². The van der Waals surface area contributed by atoms with Gasteiger partial charge in [-0.25, -0.2) is 9.97 Å². The number of hydrogen-bond acceptors (Lipinski definition) is 8. The molecule has 1 aliphatic heterocycles. The third-order valence-electron chi connectivity index (χ3n) is 6.84. The molecule has 0 spiro atoms. The number of ether oxygens (including phenoxy) is 2. The number of nitrogen functional groups attached to an aromatic ring is 1. The van der Waals surface area contributed by atoms with Crippen LogP contribution < -0.4 is 15.2 Å². The van der Waals surface area contributed by atoms with Crippen LogP contribution in [-0.2, 0) is 4.79 Å². The quantitative estimate of drug-likeness (QED) is 0.355. The minimum atomic E-state index is 0.0357. The fourth-order valence-corrected chi connectivity index (χ4v) is 4.86. The Morgan fingerprint density at radius 3 is 2.69 bits per heavy atom. The highest BCUT2D eigenvalue weighted by Gasteiger charge is 2.29. The van der Waals surface area contributed by atoms with Gasteiger partial charge in [-0.05, 0) is 88.8 Å². The monoisotopic (exact) mass is 526 g/mol. The smallest absolute Gasteiger partial charge is 0.237 e. The van der Waals surface area contributed by atoms with E-state index >= 15 is 0 Å². The number of aryl methyl sites for hydroxylation is 2. The molecule has 202 valence electrons. The van der Waals surface area contributed by atoms with E-state index in [-0.39, 0.29) is 11.9 Å². The van der Waals surface area contributed by atoms with E-state index in [1.54, 1.807) is 6.20 Å².